The summed E-state index contributed by atoms with van der Waals surface area (Å²) >= 11 is 0. The molecule has 2 aliphatic rings. The Hall–Kier alpha value is -2.56. The van der Waals surface area contributed by atoms with E-state index in [1.807, 2.05) is 0 Å². The van der Waals surface area contributed by atoms with Gasteiger partial charge in [0.15, 0.2) is 12.4 Å². The number of carboxylic acid groups (broad SMARTS) is 1. The van der Waals surface area contributed by atoms with Gasteiger partial charge in [-0.1, -0.05) is 0 Å². The predicted molar refractivity (Wildman–Crippen MR) is 111 cm³/mol. The van der Waals surface area contributed by atoms with Crippen LogP contribution in [0.5, 0.6) is 5.75 Å². The zero-order valence-electron chi connectivity index (χ0n) is 18.4. The Morgan fingerprint density at radius 3 is 2.08 bits per heavy atom. The van der Waals surface area contributed by atoms with Crippen LogP contribution < -0.4 is 4.74 Å². The molecule has 2 fully saturated rings. The van der Waals surface area contributed by atoms with Crippen LogP contribution in [0.4, 0.5) is 5.69 Å². The highest BCUT2D eigenvalue weighted by Gasteiger charge is 2.52. The summed E-state index contributed by atoms with van der Waals surface area (Å²) in [5, 5.41) is 71.0. The first kappa shape index (κ1) is 29.0. The summed E-state index contributed by atoms with van der Waals surface area (Å²) in [5.41, 5.74) is -0.289. The summed E-state index contributed by atoms with van der Waals surface area (Å²) in [7, 11) is -5.06. The molecule has 208 valence electrons. The average Bonchev–Trinajstić information content (AvgIpc) is 2.82. The fraction of sp³-hybridized carbons (Fsp3) is 0.611. The molecular weight excluding hydrogens is 534 g/mol. The number of aliphatic hydroxyl groups excluding tert-OH is 5. The lowest BCUT2D eigenvalue weighted by Gasteiger charge is -2.45. The van der Waals surface area contributed by atoms with E-state index in [-0.39, 0.29) is 11.4 Å². The van der Waals surface area contributed by atoms with Crippen LogP contribution in [-0.2, 0) is 33.6 Å². The number of nitrogens with zero attached hydrogens (tertiary/aromatic N) is 1. The summed E-state index contributed by atoms with van der Waals surface area (Å²) in [6, 6.07) is 4.40. The van der Waals surface area contributed by atoms with Gasteiger partial charge in [-0.15, -0.1) is 0 Å². The van der Waals surface area contributed by atoms with Crippen LogP contribution >= 0.6 is 0 Å². The van der Waals surface area contributed by atoms with E-state index in [1.54, 1.807) is 0 Å². The van der Waals surface area contributed by atoms with Crippen molar-refractivity contribution < 1.29 is 76.5 Å². The van der Waals surface area contributed by atoms with Crippen molar-refractivity contribution in [2.75, 3.05) is 6.61 Å². The van der Waals surface area contributed by atoms with Crippen LogP contribution in [0.25, 0.3) is 0 Å². The van der Waals surface area contributed by atoms with Crippen LogP contribution in [0.1, 0.15) is 0 Å². The van der Waals surface area contributed by atoms with Gasteiger partial charge < -0.3 is 49.6 Å². The van der Waals surface area contributed by atoms with Gasteiger partial charge in [0.05, 0.1) is 11.5 Å². The van der Waals surface area contributed by atoms with Gasteiger partial charge in [-0.3, -0.25) is 14.7 Å². The standard InChI is InChI=1S/C18H23NO17S/c20-9-10(21)15(16(25)26)36-18(12(9)23)35-14-8(5-32-37(29,30)31)34-17(13(24)11(14)22)33-7-3-1-6(2-4-7)19(27)28/h1-4,8-15,17-18,20-24H,5H2,(H,25,26)(H,29,30,31)/t8-,9+,10+,11-,12-,13-,14+,15+,17-,18-/m1/s1. The minimum atomic E-state index is -5.06. The Bertz CT molecular complexity index is 1070. The Labute approximate surface area is 207 Å². The second-order valence-electron chi connectivity index (χ2n) is 7.94. The van der Waals surface area contributed by atoms with Crippen molar-refractivity contribution in [3.8, 4) is 5.75 Å². The zero-order valence-corrected chi connectivity index (χ0v) is 19.2. The number of hydrogen-bond acceptors (Lipinski definition) is 15. The van der Waals surface area contributed by atoms with E-state index >= 15 is 0 Å². The van der Waals surface area contributed by atoms with Crippen molar-refractivity contribution in [1.82, 2.24) is 0 Å². The number of nitro benzene ring substituents is 1. The molecule has 2 aliphatic heterocycles. The quantitative estimate of drug-likeness (QED) is 0.0881. The number of hydrogen-bond donors (Lipinski definition) is 7. The van der Waals surface area contributed by atoms with Crippen molar-refractivity contribution >= 4 is 22.1 Å². The lowest BCUT2D eigenvalue weighted by Crippen LogP contribution is -2.65. The molecule has 37 heavy (non-hydrogen) atoms. The molecule has 19 heteroatoms. The third kappa shape index (κ3) is 6.86. The van der Waals surface area contributed by atoms with E-state index in [9.17, 15) is 48.9 Å². The van der Waals surface area contributed by atoms with Gasteiger partial charge in [0.25, 0.3) is 5.69 Å². The SMILES string of the molecule is O=C(O)[C@H]1O[C@@H](O[C@@H]2[C@H](O)[C@@H](O)[C@H](Oc3ccc([N+](=O)[O-])cc3)O[C@@H]2COS(=O)(=O)O)[C@H](O)[C@@H](O)[C@@H]1O. The molecule has 0 spiro atoms. The summed E-state index contributed by atoms with van der Waals surface area (Å²) in [5.74, 6) is -1.82. The number of aliphatic hydroxyl groups is 5. The lowest BCUT2D eigenvalue weighted by molar-refractivity contribution is -0.384. The van der Waals surface area contributed by atoms with Crippen molar-refractivity contribution in [2.24, 2.45) is 0 Å². The maximum absolute atomic E-state index is 11.3. The Balaban J connectivity index is 1.82. The van der Waals surface area contributed by atoms with Crippen molar-refractivity contribution in [1.29, 1.82) is 0 Å². The zero-order chi connectivity index (χ0) is 27.7. The van der Waals surface area contributed by atoms with Crippen LogP contribution in [0.3, 0.4) is 0 Å². The fourth-order valence-electron chi connectivity index (χ4n) is 3.56. The molecule has 2 saturated heterocycles. The van der Waals surface area contributed by atoms with Gasteiger partial charge in [0.1, 0.15) is 48.5 Å². The molecule has 0 amide bonds. The summed E-state index contributed by atoms with van der Waals surface area (Å²) in [6.07, 6.45) is -19.7. The molecule has 0 saturated carbocycles. The number of rotatable bonds is 9. The van der Waals surface area contributed by atoms with Crippen molar-refractivity contribution in [3.05, 3.63) is 34.4 Å². The minimum Gasteiger partial charge on any atom is -0.479 e. The van der Waals surface area contributed by atoms with Gasteiger partial charge in [-0.2, -0.15) is 8.42 Å². The molecule has 0 radical (unpaired) electrons. The smallest absolute Gasteiger partial charge is 0.397 e. The fourth-order valence-corrected chi connectivity index (χ4v) is 3.86. The maximum atomic E-state index is 11.3. The maximum Gasteiger partial charge on any atom is 0.397 e. The van der Waals surface area contributed by atoms with Gasteiger partial charge in [0.2, 0.25) is 6.29 Å². The minimum absolute atomic E-state index is 0.0805. The molecule has 0 aromatic heterocycles. The lowest BCUT2D eigenvalue weighted by atomic mass is 9.97. The van der Waals surface area contributed by atoms with E-state index in [0.29, 0.717) is 0 Å². The molecule has 1 aromatic carbocycles. The van der Waals surface area contributed by atoms with Crippen LogP contribution in [0.15, 0.2) is 24.3 Å². The summed E-state index contributed by atoms with van der Waals surface area (Å²) in [4.78, 5) is 21.4. The van der Waals surface area contributed by atoms with Crippen LogP contribution in [-0.4, -0.2) is 123 Å². The van der Waals surface area contributed by atoms with E-state index < -0.39 is 89.3 Å². The molecule has 0 aliphatic carbocycles. The highest BCUT2D eigenvalue weighted by molar-refractivity contribution is 7.80. The van der Waals surface area contributed by atoms with Gasteiger partial charge >= 0.3 is 16.4 Å². The number of carboxylic acids is 1. The molecule has 0 unspecified atom stereocenters. The number of non-ortho nitro benzene ring substituents is 1. The Kier molecular flexibility index (Phi) is 8.97. The number of benzene rings is 1. The molecular formula is C18H23NO17S. The van der Waals surface area contributed by atoms with Gasteiger partial charge in [0, 0.05) is 12.1 Å². The second-order valence-corrected chi connectivity index (χ2v) is 9.03. The Morgan fingerprint density at radius 2 is 1.54 bits per heavy atom. The summed E-state index contributed by atoms with van der Waals surface area (Å²) in [6.45, 7) is -1.07. The van der Waals surface area contributed by atoms with Gasteiger partial charge in [-0.05, 0) is 12.1 Å². The van der Waals surface area contributed by atoms with Gasteiger partial charge in [-0.25, -0.2) is 8.98 Å². The summed E-state index contributed by atoms with van der Waals surface area (Å²) < 4.78 is 56.3. The van der Waals surface area contributed by atoms with E-state index in [0.717, 1.165) is 24.3 Å². The number of aliphatic carboxylic acids is 1. The van der Waals surface area contributed by atoms with E-state index in [1.165, 1.54) is 0 Å². The highest BCUT2D eigenvalue weighted by atomic mass is 32.3. The first-order valence-corrected chi connectivity index (χ1v) is 11.7. The first-order chi connectivity index (χ1) is 17.2. The number of nitro groups is 1. The predicted octanol–water partition coefficient (Wildman–Crippen LogP) is -3.48. The molecule has 3 rings (SSSR count). The largest absolute Gasteiger partial charge is 0.479 e. The molecule has 1 aromatic rings. The number of carbonyl (C=O) groups is 1. The van der Waals surface area contributed by atoms with E-state index in [2.05, 4.69) is 4.18 Å². The number of ether oxygens (including phenoxy) is 4. The third-order valence-electron chi connectivity index (χ3n) is 5.43. The second kappa shape index (κ2) is 11.4. The molecule has 10 atom stereocenters. The molecule has 18 nitrogen and oxygen atoms in total. The molecule has 0 bridgehead atoms. The monoisotopic (exact) mass is 557 g/mol. The van der Waals surface area contributed by atoms with Crippen LogP contribution in [0.2, 0.25) is 0 Å². The average molecular weight is 557 g/mol. The Morgan fingerprint density at radius 1 is 0.946 bits per heavy atom. The molecule has 7 N–H and O–H groups in total. The highest BCUT2D eigenvalue weighted by Crippen LogP contribution is 2.31. The topological polar surface area (TPSA) is 282 Å². The van der Waals surface area contributed by atoms with Crippen molar-refractivity contribution in [2.45, 2.75) is 61.4 Å². The van der Waals surface area contributed by atoms with Crippen LogP contribution in [0, 0.1) is 10.1 Å². The van der Waals surface area contributed by atoms with Crippen molar-refractivity contribution in [3.63, 3.8) is 0 Å². The normalized spacial score (nSPS) is 36.6. The third-order valence-corrected chi connectivity index (χ3v) is 5.86. The van der Waals surface area contributed by atoms with E-state index in [4.69, 9.17) is 28.6 Å². The molecule has 2 heterocycles. The first-order valence-electron chi connectivity index (χ1n) is 10.3.